The predicted octanol–water partition coefficient (Wildman–Crippen LogP) is 3.50. The van der Waals surface area contributed by atoms with Gasteiger partial charge in [0.2, 0.25) is 11.7 Å². The van der Waals surface area contributed by atoms with Crippen molar-refractivity contribution >= 4 is 39.4 Å². The maximum atomic E-state index is 12.6. The van der Waals surface area contributed by atoms with Gasteiger partial charge >= 0.3 is 0 Å². The van der Waals surface area contributed by atoms with Crippen LogP contribution in [0.2, 0.25) is 0 Å². The van der Waals surface area contributed by atoms with E-state index in [1.54, 1.807) is 24.3 Å². The Morgan fingerprint density at radius 2 is 1.96 bits per heavy atom. The van der Waals surface area contributed by atoms with Gasteiger partial charge in [-0.25, -0.2) is 0 Å². The Kier molecular flexibility index (Phi) is 3.73. The van der Waals surface area contributed by atoms with Crippen LogP contribution in [0.5, 0.6) is 0 Å². The average Bonchev–Trinajstić information content (AvgIpc) is 3.18. The summed E-state index contributed by atoms with van der Waals surface area (Å²) >= 11 is 0. The molecular formula is C20H17N3O3. The van der Waals surface area contributed by atoms with E-state index in [1.165, 1.54) is 0 Å². The number of H-pyrrole nitrogens is 1. The molecule has 4 rings (SSSR count). The Balaban J connectivity index is 1.67. The Hall–Kier alpha value is -3.54. The summed E-state index contributed by atoms with van der Waals surface area (Å²) in [5.41, 5.74) is 9.18. The van der Waals surface area contributed by atoms with Crippen molar-refractivity contribution in [2.24, 2.45) is 5.73 Å². The van der Waals surface area contributed by atoms with Crippen molar-refractivity contribution in [2.75, 3.05) is 5.32 Å². The van der Waals surface area contributed by atoms with E-state index < -0.39 is 5.91 Å². The number of hydrogen-bond donors (Lipinski definition) is 3. The Bertz CT molecular complexity index is 1150. The van der Waals surface area contributed by atoms with E-state index in [0.717, 1.165) is 22.0 Å². The van der Waals surface area contributed by atoms with Gasteiger partial charge in [0, 0.05) is 22.5 Å². The summed E-state index contributed by atoms with van der Waals surface area (Å²) in [6.07, 6.45) is 2.00. The molecule has 4 aromatic rings. The van der Waals surface area contributed by atoms with Crippen molar-refractivity contribution in [1.29, 1.82) is 0 Å². The number of primary amides is 1. The first-order valence-electron chi connectivity index (χ1n) is 8.21. The first-order valence-corrected chi connectivity index (χ1v) is 8.21. The SMILES string of the molecule is Cc1cccc2[nH]cc(CC(=O)Nc3c(C(N)=O)oc4ccccc34)c12. The molecule has 0 fully saturated rings. The zero-order valence-electron chi connectivity index (χ0n) is 14.1. The van der Waals surface area contributed by atoms with Crippen molar-refractivity contribution < 1.29 is 14.0 Å². The normalized spacial score (nSPS) is 11.1. The minimum atomic E-state index is -0.723. The van der Waals surface area contributed by atoms with Crippen LogP contribution in [0.15, 0.2) is 53.1 Å². The maximum Gasteiger partial charge on any atom is 0.286 e. The molecule has 0 saturated heterocycles. The lowest BCUT2D eigenvalue weighted by atomic mass is 10.1. The van der Waals surface area contributed by atoms with Gasteiger partial charge in [0.1, 0.15) is 11.3 Å². The molecule has 26 heavy (non-hydrogen) atoms. The van der Waals surface area contributed by atoms with Crippen LogP contribution >= 0.6 is 0 Å². The van der Waals surface area contributed by atoms with Crippen LogP contribution in [-0.2, 0) is 11.2 Å². The van der Waals surface area contributed by atoms with Gasteiger partial charge in [-0.3, -0.25) is 9.59 Å². The summed E-state index contributed by atoms with van der Waals surface area (Å²) in [4.78, 5) is 27.5. The Morgan fingerprint density at radius 3 is 2.77 bits per heavy atom. The number of aryl methyl sites for hydroxylation is 1. The Labute approximate surface area is 149 Å². The molecule has 0 aliphatic rings. The summed E-state index contributed by atoms with van der Waals surface area (Å²) in [7, 11) is 0. The number of carbonyl (C=O) groups excluding carboxylic acids is 2. The summed E-state index contributed by atoms with van der Waals surface area (Å²) in [6, 6.07) is 13.0. The van der Waals surface area contributed by atoms with Crippen LogP contribution in [0.4, 0.5) is 5.69 Å². The molecule has 0 aliphatic heterocycles. The molecule has 4 N–H and O–H groups in total. The number of para-hydroxylation sites is 1. The molecule has 130 valence electrons. The third kappa shape index (κ3) is 2.61. The zero-order valence-corrected chi connectivity index (χ0v) is 14.1. The predicted molar refractivity (Wildman–Crippen MR) is 100 cm³/mol. The van der Waals surface area contributed by atoms with E-state index >= 15 is 0 Å². The molecule has 0 unspecified atom stereocenters. The first kappa shape index (κ1) is 16.0. The number of fused-ring (bicyclic) bond motifs is 2. The van der Waals surface area contributed by atoms with Gasteiger partial charge in [-0.05, 0) is 36.2 Å². The third-order valence-electron chi connectivity index (χ3n) is 4.43. The molecule has 0 saturated carbocycles. The fourth-order valence-electron chi connectivity index (χ4n) is 3.29. The number of rotatable bonds is 4. The highest BCUT2D eigenvalue weighted by Crippen LogP contribution is 2.31. The van der Waals surface area contributed by atoms with Crippen LogP contribution in [-0.4, -0.2) is 16.8 Å². The quantitative estimate of drug-likeness (QED) is 0.526. The highest BCUT2D eigenvalue weighted by Gasteiger charge is 2.20. The molecule has 0 aliphatic carbocycles. The second-order valence-electron chi connectivity index (χ2n) is 6.20. The number of nitrogens with one attached hydrogen (secondary N) is 2. The molecule has 2 heterocycles. The van der Waals surface area contributed by atoms with Gasteiger partial charge in [0.05, 0.1) is 6.42 Å². The van der Waals surface area contributed by atoms with Crippen molar-refractivity contribution in [3.05, 3.63) is 65.5 Å². The number of anilines is 1. The second kappa shape index (κ2) is 6.07. The summed E-state index contributed by atoms with van der Waals surface area (Å²) in [5, 5.41) is 4.47. The lowest BCUT2D eigenvalue weighted by molar-refractivity contribution is -0.115. The molecule has 0 bridgehead atoms. The summed E-state index contributed by atoms with van der Waals surface area (Å²) in [5.74, 6) is -1.02. The van der Waals surface area contributed by atoms with E-state index in [0.29, 0.717) is 16.7 Å². The van der Waals surface area contributed by atoms with E-state index in [9.17, 15) is 9.59 Å². The third-order valence-corrected chi connectivity index (χ3v) is 4.43. The van der Waals surface area contributed by atoms with Gasteiger partial charge < -0.3 is 20.5 Å². The monoisotopic (exact) mass is 347 g/mol. The lowest BCUT2D eigenvalue weighted by Crippen LogP contribution is -2.18. The van der Waals surface area contributed by atoms with E-state index in [4.69, 9.17) is 10.2 Å². The van der Waals surface area contributed by atoms with Crippen molar-refractivity contribution in [3.8, 4) is 0 Å². The Morgan fingerprint density at radius 1 is 1.15 bits per heavy atom. The maximum absolute atomic E-state index is 12.6. The minimum absolute atomic E-state index is 0.0466. The van der Waals surface area contributed by atoms with Gasteiger partial charge in [0.25, 0.3) is 5.91 Å². The molecule has 0 radical (unpaired) electrons. The number of benzene rings is 2. The number of furan rings is 1. The van der Waals surface area contributed by atoms with Crippen molar-refractivity contribution in [2.45, 2.75) is 13.3 Å². The molecule has 2 amide bonds. The highest BCUT2D eigenvalue weighted by molar-refractivity contribution is 6.11. The summed E-state index contributed by atoms with van der Waals surface area (Å²) < 4.78 is 5.49. The molecule has 6 nitrogen and oxygen atoms in total. The smallest absolute Gasteiger partial charge is 0.286 e. The van der Waals surface area contributed by atoms with Crippen LogP contribution in [0.1, 0.15) is 21.7 Å². The van der Waals surface area contributed by atoms with E-state index in [-0.39, 0.29) is 18.1 Å². The second-order valence-corrected chi connectivity index (χ2v) is 6.20. The highest BCUT2D eigenvalue weighted by atomic mass is 16.3. The number of carbonyl (C=O) groups is 2. The standard InChI is InChI=1S/C20H17N3O3/c1-11-5-4-7-14-17(11)12(10-22-14)9-16(24)23-18-13-6-2-3-8-15(13)26-19(18)20(21)25/h2-8,10,22H,9H2,1H3,(H2,21,25)(H,23,24). The largest absolute Gasteiger partial charge is 0.449 e. The van der Waals surface area contributed by atoms with Gasteiger partial charge in [-0.15, -0.1) is 0 Å². The number of nitrogens with two attached hydrogens (primary N) is 1. The fraction of sp³-hybridized carbons (Fsp3) is 0.100. The van der Waals surface area contributed by atoms with Crippen molar-refractivity contribution in [3.63, 3.8) is 0 Å². The number of amides is 2. The molecule has 6 heteroatoms. The minimum Gasteiger partial charge on any atom is -0.449 e. The molecular weight excluding hydrogens is 330 g/mol. The van der Waals surface area contributed by atoms with Gasteiger partial charge in [-0.1, -0.05) is 24.3 Å². The average molecular weight is 347 g/mol. The molecule has 0 atom stereocenters. The van der Waals surface area contributed by atoms with Crippen LogP contribution in [0, 0.1) is 6.92 Å². The summed E-state index contributed by atoms with van der Waals surface area (Å²) in [6.45, 7) is 2.01. The van der Waals surface area contributed by atoms with E-state index in [1.807, 2.05) is 31.3 Å². The molecule has 2 aromatic heterocycles. The topological polar surface area (TPSA) is 101 Å². The van der Waals surface area contributed by atoms with Crippen molar-refractivity contribution in [1.82, 2.24) is 4.98 Å². The molecule has 2 aromatic carbocycles. The van der Waals surface area contributed by atoms with Gasteiger partial charge in [-0.2, -0.15) is 0 Å². The van der Waals surface area contributed by atoms with Crippen LogP contribution in [0.3, 0.4) is 0 Å². The van der Waals surface area contributed by atoms with E-state index in [2.05, 4.69) is 10.3 Å². The number of aromatic nitrogens is 1. The van der Waals surface area contributed by atoms with Gasteiger partial charge in [0.15, 0.2) is 0 Å². The lowest BCUT2D eigenvalue weighted by Gasteiger charge is -2.05. The van der Waals surface area contributed by atoms with Crippen LogP contribution < -0.4 is 11.1 Å². The first-order chi connectivity index (χ1) is 12.5. The molecule has 0 spiro atoms. The number of aromatic amines is 1. The fourth-order valence-corrected chi connectivity index (χ4v) is 3.29. The zero-order chi connectivity index (χ0) is 18.3. The van der Waals surface area contributed by atoms with Crippen LogP contribution in [0.25, 0.3) is 21.9 Å². The number of hydrogen-bond acceptors (Lipinski definition) is 3.